The summed E-state index contributed by atoms with van der Waals surface area (Å²) in [4.78, 5) is 12.0. The fourth-order valence-electron chi connectivity index (χ4n) is 4.21. The summed E-state index contributed by atoms with van der Waals surface area (Å²) in [5.41, 5.74) is 2.31. The van der Waals surface area contributed by atoms with Crippen molar-refractivity contribution < 1.29 is 28.5 Å². The number of carbonyl (C=O) groups is 1. The maximum Gasteiger partial charge on any atom is 0.339 e. The molecule has 2 rings (SSSR count). The second-order valence-corrected chi connectivity index (χ2v) is 8.15. The number of hydrogen-bond acceptors (Lipinski definition) is 3. The molecule has 166 valence electrons. The maximum absolute atomic E-state index is 13.9. The first-order valence-electron chi connectivity index (χ1n) is 10.5. The molecule has 0 amide bonds. The smallest absolute Gasteiger partial charge is 0.339 e. The van der Waals surface area contributed by atoms with Crippen LogP contribution in [0.15, 0.2) is 29.9 Å². The van der Waals surface area contributed by atoms with E-state index in [2.05, 4.69) is 6.58 Å². The van der Waals surface area contributed by atoms with E-state index in [1.54, 1.807) is 0 Å². The van der Waals surface area contributed by atoms with Gasteiger partial charge in [-0.2, -0.15) is 4.39 Å². The number of hydrogen-bond donors (Lipinski definition) is 2. The van der Waals surface area contributed by atoms with Crippen molar-refractivity contribution >= 4 is 5.97 Å². The monoisotopic (exact) mass is 422 g/mol. The molecule has 0 aliphatic heterocycles. The second-order valence-electron chi connectivity index (χ2n) is 8.15. The molecule has 0 saturated carbocycles. The summed E-state index contributed by atoms with van der Waals surface area (Å²) >= 11 is 0. The summed E-state index contributed by atoms with van der Waals surface area (Å²) in [7, 11) is 0. The number of aryl methyl sites for hydroxylation is 1. The van der Waals surface area contributed by atoms with Crippen LogP contribution >= 0.6 is 0 Å². The molecule has 0 heterocycles. The Bertz CT molecular complexity index is 816. The summed E-state index contributed by atoms with van der Waals surface area (Å²) in [6, 6.07) is 1.46. The van der Waals surface area contributed by atoms with Gasteiger partial charge in [-0.05, 0) is 57.1 Å². The van der Waals surface area contributed by atoms with Crippen molar-refractivity contribution in [2.75, 3.05) is 6.67 Å². The van der Waals surface area contributed by atoms with Crippen LogP contribution in [-0.2, 0) is 6.42 Å². The van der Waals surface area contributed by atoms with Crippen LogP contribution in [0.5, 0.6) is 11.5 Å². The van der Waals surface area contributed by atoms with Crippen LogP contribution in [0.25, 0.3) is 0 Å². The summed E-state index contributed by atoms with van der Waals surface area (Å²) in [5, 5.41) is 20.9. The standard InChI is InChI=1S/C24H32F2O4/c1-5-6-7-8-16-12-19(30-20(26)13-25)22(23(27)21(16)24(28)29)18-11-15(4)9-10-17(18)14(2)3/h11-12,17-18,20,27H,2,5-10,13H2,1,3-4H3,(H,28,29). The molecule has 1 aromatic carbocycles. The number of phenols is 1. The number of unbranched alkanes of at least 4 members (excludes halogenated alkanes) is 2. The minimum Gasteiger partial charge on any atom is -0.507 e. The predicted octanol–water partition coefficient (Wildman–Crippen LogP) is 6.48. The SMILES string of the molecule is C=C(C)C1CCC(C)=CC1c1c(OC(F)CF)cc(CCCCC)c(C(=O)O)c1O. The summed E-state index contributed by atoms with van der Waals surface area (Å²) in [6.07, 6.45) is 4.30. The van der Waals surface area contributed by atoms with Crippen LogP contribution in [0.4, 0.5) is 8.78 Å². The van der Waals surface area contributed by atoms with Gasteiger partial charge in [0.1, 0.15) is 17.1 Å². The van der Waals surface area contributed by atoms with Crippen LogP contribution in [0.2, 0.25) is 0 Å². The minimum absolute atomic E-state index is 0.00338. The van der Waals surface area contributed by atoms with E-state index in [1.807, 2.05) is 26.8 Å². The molecule has 0 radical (unpaired) electrons. The van der Waals surface area contributed by atoms with Gasteiger partial charge >= 0.3 is 5.97 Å². The van der Waals surface area contributed by atoms with Crippen LogP contribution in [0.1, 0.15) is 80.3 Å². The van der Waals surface area contributed by atoms with Crippen molar-refractivity contribution in [2.45, 2.75) is 71.6 Å². The van der Waals surface area contributed by atoms with Crippen molar-refractivity contribution in [1.82, 2.24) is 0 Å². The van der Waals surface area contributed by atoms with Gasteiger partial charge in [-0.3, -0.25) is 0 Å². The lowest BCUT2D eigenvalue weighted by atomic mass is 9.73. The van der Waals surface area contributed by atoms with Crippen molar-refractivity contribution in [1.29, 1.82) is 0 Å². The highest BCUT2D eigenvalue weighted by molar-refractivity contribution is 5.94. The topological polar surface area (TPSA) is 66.8 Å². The van der Waals surface area contributed by atoms with Gasteiger partial charge in [0.25, 0.3) is 6.36 Å². The predicted molar refractivity (Wildman–Crippen MR) is 114 cm³/mol. The Morgan fingerprint density at radius 3 is 2.67 bits per heavy atom. The Hall–Kier alpha value is -2.37. The second kappa shape index (κ2) is 10.6. The van der Waals surface area contributed by atoms with Crippen LogP contribution in [-0.4, -0.2) is 29.2 Å². The van der Waals surface area contributed by atoms with Crippen molar-refractivity contribution in [2.24, 2.45) is 5.92 Å². The number of carboxylic acids is 1. The van der Waals surface area contributed by atoms with Crippen molar-refractivity contribution in [3.05, 3.63) is 46.6 Å². The Balaban J connectivity index is 2.71. The molecule has 0 fully saturated rings. The molecule has 1 aliphatic carbocycles. The quantitative estimate of drug-likeness (QED) is 0.334. The average Bonchev–Trinajstić information content (AvgIpc) is 2.67. The Labute approximate surface area is 177 Å². The zero-order chi connectivity index (χ0) is 22.4. The maximum atomic E-state index is 13.9. The fraction of sp³-hybridized carbons (Fsp3) is 0.542. The van der Waals surface area contributed by atoms with E-state index in [1.165, 1.54) is 6.07 Å². The Morgan fingerprint density at radius 2 is 2.10 bits per heavy atom. The third-order valence-corrected chi connectivity index (χ3v) is 5.74. The number of allylic oxidation sites excluding steroid dienone is 3. The third-order valence-electron chi connectivity index (χ3n) is 5.74. The summed E-state index contributed by atoms with van der Waals surface area (Å²) in [6.45, 7) is 8.56. The average molecular weight is 423 g/mol. The van der Waals surface area contributed by atoms with Crippen molar-refractivity contribution in [3.63, 3.8) is 0 Å². The first-order valence-corrected chi connectivity index (χ1v) is 10.5. The highest BCUT2D eigenvalue weighted by Crippen LogP contribution is 2.48. The molecule has 0 bridgehead atoms. The lowest BCUT2D eigenvalue weighted by molar-refractivity contribution is 0.0418. The molecule has 6 heteroatoms. The van der Waals surface area contributed by atoms with Gasteiger partial charge < -0.3 is 14.9 Å². The van der Waals surface area contributed by atoms with Crippen LogP contribution < -0.4 is 4.74 Å². The zero-order valence-corrected chi connectivity index (χ0v) is 18.0. The molecular formula is C24H32F2O4. The fourth-order valence-corrected chi connectivity index (χ4v) is 4.21. The highest BCUT2D eigenvalue weighted by Gasteiger charge is 2.34. The molecule has 0 spiro atoms. The minimum atomic E-state index is -2.20. The molecule has 0 aromatic heterocycles. The van der Waals surface area contributed by atoms with Crippen LogP contribution in [0.3, 0.4) is 0 Å². The van der Waals surface area contributed by atoms with E-state index in [9.17, 15) is 23.8 Å². The molecule has 3 atom stereocenters. The van der Waals surface area contributed by atoms with E-state index >= 15 is 0 Å². The van der Waals surface area contributed by atoms with Gasteiger partial charge in [0.15, 0.2) is 6.67 Å². The lowest BCUT2D eigenvalue weighted by Gasteiger charge is -2.32. The van der Waals surface area contributed by atoms with Gasteiger partial charge in [0.05, 0.1) is 0 Å². The molecular weight excluding hydrogens is 390 g/mol. The molecule has 2 N–H and O–H groups in total. The van der Waals surface area contributed by atoms with E-state index < -0.39 is 30.7 Å². The van der Waals surface area contributed by atoms with E-state index in [4.69, 9.17) is 4.74 Å². The van der Waals surface area contributed by atoms with E-state index in [0.717, 1.165) is 36.8 Å². The van der Waals surface area contributed by atoms with E-state index in [-0.39, 0.29) is 22.8 Å². The lowest BCUT2D eigenvalue weighted by Crippen LogP contribution is -2.21. The number of halogens is 2. The summed E-state index contributed by atoms with van der Waals surface area (Å²) < 4.78 is 32.0. The molecule has 4 nitrogen and oxygen atoms in total. The highest BCUT2D eigenvalue weighted by atomic mass is 19.2. The molecule has 3 unspecified atom stereocenters. The Morgan fingerprint density at radius 1 is 1.40 bits per heavy atom. The molecule has 1 aliphatic rings. The van der Waals surface area contributed by atoms with Gasteiger partial charge in [-0.15, -0.1) is 0 Å². The van der Waals surface area contributed by atoms with Crippen molar-refractivity contribution in [3.8, 4) is 11.5 Å². The first-order chi connectivity index (χ1) is 14.2. The first kappa shape index (κ1) is 23.9. The zero-order valence-electron chi connectivity index (χ0n) is 18.0. The van der Waals surface area contributed by atoms with Gasteiger partial charge in [-0.1, -0.05) is 43.6 Å². The number of benzene rings is 1. The van der Waals surface area contributed by atoms with Crippen LogP contribution in [0, 0.1) is 5.92 Å². The third kappa shape index (κ3) is 5.41. The molecule has 1 aromatic rings. The number of ether oxygens (including phenoxy) is 1. The molecule has 0 saturated heterocycles. The van der Waals surface area contributed by atoms with E-state index in [0.29, 0.717) is 18.4 Å². The number of alkyl halides is 2. The largest absolute Gasteiger partial charge is 0.507 e. The number of aromatic carboxylic acids is 1. The van der Waals surface area contributed by atoms with Gasteiger partial charge in [-0.25, -0.2) is 9.18 Å². The van der Waals surface area contributed by atoms with Gasteiger partial charge in [0, 0.05) is 11.5 Å². The summed E-state index contributed by atoms with van der Waals surface area (Å²) in [5.74, 6) is -2.19. The Kier molecular flexibility index (Phi) is 8.44. The van der Waals surface area contributed by atoms with Gasteiger partial charge in [0.2, 0.25) is 0 Å². The molecule has 30 heavy (non-hydrogen) atoms. The number of carboxylic acid groups (broad SMARTS) is 1. The number of rotatable bonds is 10. The number of aromatic hydroxyl groups is 1. The normalized spacial score (nSPS) is 19.8.